The monoisotopic (exact) mass is 322 g/mol. The number of morpholine rings is 1. The van der Waals surface area contributed by atoms with Crippen molar-refractivity contribution >= 4 is 22.5 Å². The molecule has 1 saturated heterocycles. The maximum absolute atomic E-state index is 6.22. The molecule has 118 valence electrons. The third kappa shape index (κ3) is 3.43. The van der Waals surface area contributed by atoms with Crippen molar-refractivity contribution in [3.05, 3.63) is 29.3 Å². The van der Waals surface area contributed by atoms with Crippen LogP contribution >= 0.6 is 11.6 Å². The number of pyridine rings is 1. The molecule has 3 rings (SSSR count). The van der Waals surface area contributed by atoms with E-state index in [-0.39, 0.29) is 0 Å². The molecule has 22 heavy (non-hydrogen) atoms. The van der Waals surface area contributed by atoms with Gasteiger partial charge in [-0.05, 0) is 12.1 Å². The predicted molar refractivity (Wildman–Crippen MR) is 86.1 cm³/mol. The first kappa shape index (κ1) is 15.3. The standard InChI is InChI=1S/C16H19ClN2O3/c1-20-14-11-15(18-16-12(14)3-2-4-13(16)17)22-10-7-19-5-8-21-9-6-19/h2-4,11H,5-10H2,1H3. The zero-order chi connectivity index (χ0) is 15.4. The maximum Gasteiger partial charge on any atom is 0.217 e. The number of hydrogen-bond donors (Lipinski definition) is 0. The molecule has 0 N–H and O–H groups in total. The van der Waals surface area contributed by atoms with Gasteiger partial charge in [-0.3, -0.25) is 4.90 Å². The van der Waals surface area contributed by atoms with Crippen LogP contribution in [0.1, 0.15) is 0 Å². The average molecular weight is 323 g/mol. The molecule has 2 heterocycles. The van der Waals surface area contributed by atoms with Crippen LogP contribution in [0.5, 0.6) is 11.6 Å². The number of rotatable bonds is 5. The molecule has 2 aromatic rings. The lowest BCUT2D eigenvalue weighted by atomic mass is 10.2. The second kappa shape index (κ2) is 7.13. The smallest absolute Gasteiger partial charge is 0.217 e. The fraction of sp³-hybridized carbons (Fsp3) is 0.438. The van der Waals surface area contributed by atoms with Crippen LogP contribution in [-0.4, -0.2) is 56.4 Å². The number of fused-ring (bicyclic) bond motifs is 1. The van der Waals surface area contributed by atoms with Crippen molar-refractivity contribution in [2.24, 2.45) is 0 Å². The lowest BCUT2D eigenvalue weighted by Crippen LogP contribution is -2.38. The average Bonchev–Trinajstić information content (AvgIpc) is 2.56. The topological polar surface area (TPSA) is 43.8 Å². The van der Waals surface area contributed by atoms with Crippen molar-refractivity contribution in [2.75, 3.05) is 46.6 Å². The zero-order valence-corrected chi connectivity index (χ0v) is 13.3. The van der Waals surface area contributed by atoms with Gasteiger partial charge in [0.15, 0.2) is 0 Å². The highest BCUT2D eigenvalue weighted by atomic mass is 35.5. The molecule has 0 saturated carbocycles. The molecular formula is C16H19ClN2O3. The van der Waals surface area contributed by atoms with Gasteiger partial charge in [-0.15, -0.1) is 0 Å². The zero-order valence-electron chi connectivity index (χ0n) is 12.5. The van der Waals surface area contributed by atoms with Crippen molar-refractivity contribution in [1.82, 2.24) is 9.88 Å². The van der Waals surface area contributed by atoms with E-state index in [1.807, 2.05) is 18.2 Å². The highest BCUT2D eigenvalue weighted by Crippen LogP contribution is 2.32. The lowest BCUT2D eigenvalue weighted by Gasteiger charge is -2.26. The number of nitrogens with zero attached hydrogens (tertiary/aromatic N) is 2. The number of halogens is 1. The van der Waals surface area contributed by atoms with E-state index in [0.29, 0.717) is 28.8 Å². The van der Waals surface area contributed by atoms with E-state index in [4.69, 9.17) is 25.8 Å². The fourth-order valence-corrected chi connectivity index (χ4v) is 2.72. The Morgan fingerprint density at radius 2 is 2.14 bits per heavy atom. The summed E-state index contributed by atoms with van der Waals surface area (Å²) < 4.78 is 16.5. The first-order valence-electron chi connectivity index (χ1n) is 7.34. The summed E-state index contributed by atoms with van der Waals surface area (Å²) in [7, 11) is 1.63. The Bertz CT molecular complexity index is 645. The lowest BCUT2D eigenvalue weighted by molar-refractivity contribution is 0.0320. The molecule has 0 unspecified atom stereocenters. The molecule has 5 nitrogen and oxygen atoms in total. The molecular weight excluding hydrogens is 304 g/mol. The molecule has 1 aromatic carbocycles. The quantitative estimate of drug-likeness (QED) is 0.846. The van der Waals surface area contributed by atoms with Crippen molar-refractivity contribution in [1.29, 1.82) is 0 Å². The van der Waals surface area contributed by atoms with Gasteiger partial charge in [0.1, 0.15) is 12.4 Å². The Labute approximate surface area is 134 Å². The molecule has 6 heteroatoms. The minimum Gasteiger partial charge on any atom is -0.496 e. The van der Waals surface area contributed by atoms with Gasteiger partial charge in [-0.25, -0.2) is 4.98 Å². The van der Waals surface area contributed by atoms with E-state index in [2.05, 4.69) is 9.88 Å². The van der Waals surface area contributed by atoms with Crippen LogP contribution in [0.3, 0.4) is 0 Å². The molecule has 0 atom stereocenters. The van der Waals surface area contributed by atoms with Gasteiger partial charge in [-0.2, -0.15) is 0 Å². The normalized spacial score (nSPS) is 15.9. The Morgan fingerprint density at radius 1 is 1.32 bits per heavy atom. The number of para-hydroxylation sites is 1. The van der Waals surface area contributed by atoms with Gasteiger partial charge in [0.05, 0.1) is 30.9 Å². The number of aromatic nitrogens is 1. The van der Waals surface area contributed by atoms with Gasteiger partial charge >= 0.3 is 0 Å². The van der Waals surface area contributed by atoms with Gasteiger partial charge in [-0.1, -0.05) is 17.7 Å². The number of benzene rings is 1. The molecule has 0 amide bonds. The van der Waals surface area contributed by atoms with Crippen molar-refractivity contribution in [2.45, 2.75) is 0 Å². The Morgan fingerprint density at radius 3 is 2.91 bits per heavy atom. The molecule has 0 radical (unpaired) electrons. The summed E-state index contributed by atoms with van der Waals surface area (Å²) in [5, 5.41) is 1.48. The summed E-state index contributed by atoms with van der Waals surface area (Å²) in [4.78, 5) is 6.80. The van der Waals surface area contributed by atoms with Crippen molar-refractivity contribution in [3.63, 3.8) is 0 Å². The van der Waals surface area contributed by atoms with Crippen molar-refractivity contribution in [3.8, 4) is 11.6 Å². The summed E-state index contributed by atoms with van der Waals surface area (Å²) in [6, 6.07) is 7.43. The Hall–Kier alpha value is -1.56. The van der Waals surface area contributed by atoms with Gasteiger partial charge in [0.2, 0.25) is 5.88 Å². The largest absolute Gasteiger partial charge is 0.496 e. The SMILES string of the molecule is COc1cc(OCCN2CCOCC2)nc2c(Cl)cccc12. The molecule has 1 aliphatic rings. The van der Waals surface area contributed by atoms with E-state index in [1.54, 1.807) is 13.2 Å². The van der Waals surface area contributed by atoms with Gasteiger partial charge < -0.3 is 14.2 Å². The first-order chi connectivity index (χ1) is 10.8. The van der Waals surface area contributed by atoms with E-state index >= 15 is 0 Å². The minimum absolute atomic E-state index is 0.533. The number of methoxy groups -OCH3 is 1. The van der Waals surface area contributed by atoms with Crippen LogP contribution in [0, 0.1) is 0 Å². The van der Waals surface area contributed by atoms with Crippen molar-refractivity contribution < 1.29 is 14.2 Å². The van der Waals surface area contributed by atoms with E-state index in [0.717, 1.165) is 38.2 Å². The van der Waals surface area contributed by atoms with Crippen LogP contribution in [-0.2, 0) is 4.74 Å². The molecule has 0 aliphatic carbocycles. The predicted octanol–water partition coefficient (Wildman–Crippen LogP) is 2.61. The van der Waals surface area contributed by atoms with Crippen LogP contribution < -0.4 is 9.47 Å². The molecule has 1 aliphatic heterocycles. The second-order valence-electron chi connectivity index (χ2n) is 5.10. The summed E-state index contributed by atoms with van der Waals surface area (Å²) in [5.74, 6) is 1.25. The third-order valence-corrected chi connectivity index (χ3v) is 4.01. The Balaban J connectivity index is 1.71. The molecule has 1 aromatic heterocycles. The molecule has 0 bridgehead atoms. The third-order valence-electron chi connectivity index (χ3n) is 3.71. The van der Waals surface area contributed by atoms with E-state index in [1.165, 1.54) is 0 Å². The second-order valence-corrected chi connectivity index (χ2v) is 5.51. The minimum atomic E-state index is 0.533. The number of hydrogen-bond acceptors (Lipinski definition) is 5. The van der Waals surface area contributed by atoms with Crippen LogP contribution in [0.25, 0.3) is 10.9 Å². The summed E-state index contributed by atoms with van der Waals surface area (Å²) in [6.07, 6.45) is 0. The van der Waals surface area contributed by atoms with Crippen LogP contribution in [0.4, 0.5) is 0 Å². The van der Waals surface area contributed by atoms with Crippen LogP contribution in [0.2, 0.25) is 5.02 Å². The Kier molecular flexibility index (Phi) is 4.97. The van der Waals surface area contributed by atoms with Gasteiger partial charge in [0.25, 0.3) is 0 Å². The summed E-state index contributed by atoms with van der Waals surface area (Å²) >= 11 is 6.22. The molecule has 1 fully saturated rings. The summed E-state index contributed by atoms with van der Waals surface area (Å²) in [5.41, 5.74) is 0.699. The number of ether oxygens (including phenoxy) is 3. The van der Waals surface area contributed by atoms with Crippen LogP contribution in [0.15, 0.2) is 24.3 Å². The van der Waals surface area contributed by atoms with Gasteiger partial charge in [0, 0.05) is 31.1 Å². The highest BCUT2D eigenvalue weighted by molar-refractivity contribution is 6.35. The summed E-state index contributed by atoms with van der Waals surface area (Å²) in [6.45, 7) is 4.91. The first-order valence-corrected chi connectivity index (χ1v) is 7.72. The maximum atomic E-state index is 6.22. The molecule has 0 spiro atoms. The van der Waals surface area contributed by atoms with E-state index < -0.39 is 0 Å². The van der Waals surface area contributed by atoms with E-state index in [9.17, 15) is 0 Å². The highest BCUT2D eigenvalue weighted by Gasteiger charge is 2.12. The fourth-order valence-electron chi connectivity index (χ4n) is 2.51.